The lowest BCUT2D eigenvalue weighted by Gasteiger charge is -2.40. The van der Waals surface area contributed by atoms with Gasteiger partial charge in [0.05, 0.1) is 12.5 Å². The maximum atomic E-state index is 12.8. The van der Waals surface area contributed by atoms with Crippen molar-refractivity contribution in [3.63, 3.8) is 0 Å². The van der Waals surface area contributed by atoms with Crippen molar-refractivity contribution >= 4 is 5.91 Å². The predicted octanol–water partition coefficient (Wildman–Crippen LogP) is 2.88. The molecule has 1 atom stereocenters. The minimum atomic E-state index is -0.241. The van der Waals surface area contributed by atoms with Crippen molar-refractivity contribution in [1.82, 2.24) is 15.3 Å². The molecule has 6 nitrogen and oxygen atoms in total. The number of amides is 1. The van der Waals surface area contributed by atoms with Crippen molar-refractivity contribution in [3.05, 3.63) is 57.3 Å². The Labute approximate surface area is 158 Å². The number of hydrogen-bond donors (Lipinski definition) is 2. The van der Waals surface area contributed by atoms with E-state index in [2.05, 4.69) is 15.3 Å². The fourth-order valence-corrected chi connectivity index (χ4v) is 4.44. The second-order valence-corrected chi connectivity index (χ2v) is 7.75. The first-order chi connectivity index (χ1) is 13.0. The van der Waals surface area contributed by atoms with E-state index in [-0.39, 0.29) is 29.5 Å². The van der Waals surface area contributed by atoms with E-state index in [1.54, 1.807) is 13.8 Å². The van der Waals surface area contributed by atoms with Gasteiger partial charge in [0.15, 0.2) is 0 Å². The number of ether oxygens (including phenoxy) is 1. The van der Waals surface area contributed by atoms with E-state index in [9.17, 15) is 9.59 Å². The summed E-state index contributed by atoms with van der Waals surface area (Å²) < 4.78 is 6.35. The summed E-state index contributed by atoms with van der Waals surface area (Å²) in [6.45, 7) is 3.50. The van der Waals surface area contributed by atoms with E-state index in [0.29, 0.717) is 17.1 Å². The molecule has 1 aromatic carbocycles. The van der Waals surface area contributed by atoms with Gasteiger partial charge in [0, 0.05) is 23.2 Å². The second kappa shape index (κ2) is 6.83. The first-order valence-electron chi connectivity index (χ1n) is 9.59. The summed E-state index contributed by atoms with van der Waals surface area (Å²) in [5.74, 6) is 1.26. The molecular formula is C21H25N3O3. The van der Waals surface area contributed by atoms with Gasteiger partial charge in [0.1, 0.15) is 17.2 Å². The van der Waals surface area contributed by atoms with Gasteiger partial charge in [-0.15, -0.1) is 0 Å². The maximum Gasteiger partial charge on any atom is 0.254 e. The highest BCUT2D eigenvalue weighted by Crippen LogP contribution is 2.46. The zero-order chi connectivity index (χ0) is 19.0. The topological polar surface area (TPSA) is 84.1 Å². The van der Waals surface area contributed by atoms with Gasteiger partial charge in [-0.2, -0.15) is 0 Å². The summed E-state index contributed by atoms with van der Waals surface area (Å²) in [6.07, 6.45) is 5.17. The Balaban J connectivity index is 1.56. The molecule has 1 spiro atoms. The average molecular weight is 367 g/mol. The third-order valence-electron chi connectivity index (χ3n) is 5.73. The SMILES string of the molecule is Cc1nc(C)c(CC(=O)NC2CC3(CCCC3)Oc3ccccc32)c(=O)[nH]1. The molecule has 4 rings (SSSR count). The smallest absolute Gasteiger partial charge is 0.254 e. The number of aryl methyl sites for hydroxylation is 2. The lowest BCUT2D eigenvalue weighted by molar-refractivity contribution is -0.121. The predicted molar refractivity (Wildman–Crippen MR) is 102 cm³/mol. The zero-order valence-electron chi connectivity index (χ0n) is 15.8. The molecule has 0 saturated heterocycles. The molecular weight excluding hydrogens is 342 g/mol. The molecule has 142 valence electrons. The van der Waals surface area contributed by atoms with Crippen LogP contribution < -0.4 is 15.6 Å². The van der Waals surface area contributed by atoms with Crippen LogP contribution in [-0.4, -0.2) is 21.5 Å². The number of carbonyl (C=O) groups is 1. The highest BCUT2D eigenvalue weighted by Gasteiger charge is 2.43. The van der Waals surface area contributed by atoms with Crippen LogP contribution in [0.2, 0.25) is 0 Å². The van der Waals surface area contributed by atoms with Crippen LogP contribution in [0, 0.1) is 13.8 Å². The third kappa shape index (κ3) is 3.48. The average Bonchev–Trinajstić information content (AvgIpc) is 3.05. The second-order valence-electron chi connectivity index (χ2n) is 7.75. The fourth-order valence-electron chi connectivity index (χ4n) is 4.44. The monoisotopic (exact) mass is 367 g/mol. The Morgan fingerprint density at radius 3 is 2.78 bits per heavy atom. The number of benzene rings is 1. The first-order valence-corrected chi connectivity index (χ1v) is 9.59. The van der Waals surface area contributed by atoms with Crippen LogP contribution in [0.15, 0.2) is 29.1 Å². The molecule has 1 saturated carbocycles. The highest BCUT2D eigenvalue weighted by molar-refractivity contribution is 5.79. The molecule has 2 N–H and O–H groups in total. The largest absolute Gasteiger partial charge is 0.487 e. The molecule has 1 aliphatic carbocycles. The van der Waals surface area contributed by atoms with Crippen LogP contribution in [0.3, 0.4) is 0 Å². The molecule has 1 aromatic heterocycles. The summed E-state index contributed by atoms with van der Waals surface area (Å²) in [6, 6.07) is 7.82. The van der Waals surface area contributed by atoms with E-state index < -0.39 is 0 Å². The van der Waals surface area contributed by atoms with Crippen LogP contribution in [0.5, 0.6) is 5.75 Å². The summed E-state index contributed by atoms with van der Waals surface area (Å²) in [7, 11) is 0. The van der Waals surface area contributed by atoms with Crippen molar-refractivity contribution in [2.24, 2.45) is 0 Å². The molecule has 1 aliphatic heterocycles. The quantitative estimate of drug-likeness (QED) is 0.874. The van der Waals surface area contributed by atoms with Gasteiger partial charge in [0.25, 0.3) is 5.56 Å². The highest BCUT2D eigenvalue weighted by atomic mass is 16.5. The molecule has 2 heterocycles. The number of para-hydroxylation sites is 1. The van der Waals surface area contributed by atoms with Gasteiger partial charge in [-0.25, -0.2) is 4.98 Å². The Hall–Kier alpha value is -2.63. The van der Waals surface area contributed by atoms with Crippen molar-refractivity contribution < 1.29 is 9.53 Å². The number of carbonyl (C=O) groups excluding carboxylic acids is 1. The standard InChI is InChI=1S/C21H25N3O3/c1-13-16(20(26)23-14(2)22-13)11-19(25)24-17-12-21(9-5-6-10-21)27-18-8-4-3-7-15(17)18/h3-4,7-8,17H,5-6,9-12H2,1-2H3,(H,24,25)(H,22,23,26). The normalized spacial score (nSPS) is 20.1. The molecule has 1 amide bonds. The van der Waals surface area contributed by atoms with Crippen LogP contribution in [-0.2, 0) is 11.2 Å². The van der Waals surface area contributed by atoms with Gasteiger partial charge in [-0.1, -0.05) is 18.2 Å². The van der Waals surface area contributed by atoms with Crippen LogP contribution in [0.1, 0.15) is 60.8 Å². The van der Waals surface area contributed by atoms with Crippen LogP contribution in [0.25, 0.3) is 0 Å². The van der Waals surface area contributed by atoms with E-state index in [1.165, 1.54) is 0 Å². The molecule has 0 bridgehead atoms. The van der Waals surface area contributed by atoms with E-state index >= 15 is 0 Å². The van der Waals surface area contributed by atoms with Crippen LogP contribution in [0.4, 0.5) is 0 Å². The number of aromatic nitrogens is 2. The van der Waals surface area contributed by atoms with E-state index in [0.717, 1.165) is 43.4 Å². The lowest BCUT2D eigenvalue weighted by Crippen LogP contribution is -2.44. The third-order valence-corrected chi connectivity index (χ3v) is 5.73. The van der Waals surface area contributed by atoms with Gasteiger partial charge < -0.3 is 15.0 Å². The maximum absolute atomic E-state index is 12.8. The summed E-state index contributed by atoms with van der Waals surface area (Å²) >= 11 is 0. The van der Waals surface area contributed by atoms with Gasteiger partial charge >= 0.3 is 0 Å². The number of H-pyrrole nitrogens is 1. The number of nitrogens with zero attached hydrogens (tertiary/aromatic N) is 1. The molecule has 2 aliphatic rings. The number of hydrogen-bond acceptors (Lipinski definition) is 4. The summed E-state index contributed by atoms with van der Waals surface area (Å²) in [4.78, 5) is 31.9. The Bertz CT molecular complexity index is 929. The molecule has 1 fully saturated rings. The molecule has 2 aromatic rings. The van der Waals surface area contributed by atoms with Gasteiger partial charge in [0.2, 0.25) is 5.91 Å². The number of aromatic amines is 1. The first kappa shape index (κ1) is 17.8. The van der Waals surface area contributed by atoms with Gasteiger partial charge in [-0.05, 0) is 45.6 Å². The van der Waals surface area contributed by atoms with Gasteiger partial charge in [-0.3, -0.25) is 9.59 Å². The molecule has 6 heteroatoms. The Morgan fingerprint density at radius 2 is 2.04 bits per heavy atom. The van der Waals surface area contributed by atoms with Crippen molar-refractivity contribution in [2.75, 3.05) is 0 Å². The number of fused-ring (bicyclic) bond motifs is 1. The van der Waals surface area contributed by atoms with Crippen molar-refractivity contribution in [3.8, 4) is 5.75 Å². The minimum absolute atomic E-state index is 0.0287. The van der Waals surface area contributed by atoms with E-state index in [1.807, 2.05) is 24.3 Å². The van der Waals surface area contributed by atoms with Crippen molar-refractivity contribution in [2.45, 2.75) is 64.0 Å². The zero-order valence-corrected chi connectivity index (χ0v) is 15.8. The number of rotatable bonds is 3. The molecule has 1 unspecified atom stereocenters. The summed E-state index contributed by atoms with van der Waals surface area (Å²) in [5, 5.41) is 3.14. The Kier molecular flexibility index (Phi) is 4.50. The minimum Gasteiger partial charge on any atom is -0.487 e. The van der Waals surface area contributed by atoms with Crippen molar-refractivity contribution in [1.29, 1.82) is 0 Å². The fraction of sp³-hybridized carbons (Fsp3) is 0.476. The molecule has 27 heavy (non-hydrogen) atoms. The molecule has 0 radical (unpaired) electrons. The summed E-state index contributed by atoms with van der Waals surface area (Å²) in [5.41, 5.74) is 1.62. The number of nitrogens with one attached hydrogen (secondary N) is 2. The lowest BCUT2D eigenvalue weighted by atomic mass is 9.86. The van der Waals surface area contributed by atoms with E-state index in [4.69, 9.17) is 4.74 Å². The Morgan fingerprint density at radius 1 is 1.30 bits per heavy atom. The van der Waals surface area contributed by atoms with Crippen LogP contribution >= 0.6 is 0 Å².